The molecule has 2 heterocycles. The third-order valence-electron chi connectivity index (χ3n) is 3.64. The predicted octanol–water partition coefficient (Wildman–Crippen LogP) is 2.55. The molecule has 0 bridgehead atoms. The lowest BCUT2D eigenvalue weighted by molar-refractivity contribution is 0.356. The molecule has 3 rings (SSSR count). The summed E-state index contributed by atoms with van der Waals surface area (Å²) in [6.07, 6.45) is 1.61. The van der Waals surface area contributed by atoms with Crippen molar-refractivity contribution >= 4 is 21.9 Å². The first-order chi connectivity index (χ1) is 10.5. The van der Waals surface area contributed by atoms with Crippen molar-refractivity contribution in [3.63, 3.8) is 0 Å². The van der Waals surface area contributed by atoms with Gasteiger partial charge in [0.1, 0.15) is 11.0 Å². The summed E-state index contributed by atoms with van der Waals surface area (Å²) < 4.78 is 12.3. The summed E-state index contributed by atoms with van der Waals surface area (Å²) in [6.45, 7) is 4.78. The summed E-state index contributed by atoms with van der Waals surface area (Å²) in [6, 6.07) is 3.66. The van der Waals surface area contributed by atoms with Gasteiger partial charge in [-0.05, 0) is 12.0 Å². The molecule has 0 aliphatic rings. The fourth-order valence-corrected chi connectivity index (χ4v) is 2.64. The van der Waals surface area contributed by atoms with E-state index in [1.54, 1.807) is 25.1 Å². The minimum Gasteiger partial charge on any atom is -0.493 e. The fourth-order valence-electron chi connectivity index (χ4n) is 2.64. The van der Waals surface area contributed by atoms with E-state index in [1.807, 2.05) is 12.1 Å². The highest BCUT2D eigenvalue weighted by molar-refractivity contribution is 6.05. The van der Waals surface area contributed by atoms with E-state index in [9.17, 15) is 4.79 Å². The van der Waals surface area contributed by atoms with Crippen molar-refractivity contribution in [2.45, 2.75) is 20.4 Å². The summed E-state index contributed by atoms with van der Waals surface area (Å²) in [5.74, 6) is 1.61. The molecule has 0 amide bonds. The molecular formula is C16H19N3O3. The monoisotopic (exact) mass is 301 g/mol. The van der Waals surface area contributed by atoms with Gasteiger partial charge in [-0.3, -0.25) is 9.36 Å². The van der Waals surface area contributed by atoms with E-state index < -0.39 is 0 Å². The van der Waals surface area contributed by atoms with Gasteiger partial charge in [0.2, 0.25) is 0 Å². The standard InChI is InChI=1S/C16H19N3O3/c1-9(2)7-19-8-17-14-10-5-12(21-3)13(22-4)6-11(10)18-15(14)16(19)20/h5-6,8-9,18H,7H2,1-4H3. The van der Waals surface area contributed by atoms with Crippen LogP contribution in [0, 0.1) is 5.92 Å². The average Bonchev–Trinajstić information content (AvgIpc) is 2.86. The molecule has 3 aromatic rings. The number of ether oxygens (including phenoxy) is 2. The summed E-state index contributed by atoms with van der Waals surface area (Å²) in [5, 5.41) is 0.849. The second kappa shape index (κ2) is 5.36. The van der Waals surface area contributed by atoms with E-state index in [2.05, 4.69) is 23.8 Å². The van der Waals surface area contributed by atoms with Crippen LogP contribution < -0.4 is 15.0 Å². The highest BCUT2D eigenvalue weighted by Gasteiger charge is 2.15. The van der Waals surface area contributed by atoms with E-state index in [1.165, 1.54) is 0 Å². The Kier molecular flexibility index (Phi) is 3.52. The number of benzene rings is 1. The molecule has 0 aliphatic heterocycles. The van der Waals surface area contributed by atoms with Gasteiger partial charge in [-0.2, -0.15) is 0 Å². The van der Waals surface area contributed by atoms with Crippen LogP contribution in [0.3, 0.4) is 0 Å². The fraction of sp³-hybridized carbons (Fsp3) is 0.375. The third kappa shape index (κ3) is 2.20. The molecule has 0 radical (unpaired) electrons. The quantitative estimate of drug-likeness (QED) is 0.804. The van der Waals surface area contributed by atoms with Crippen LogP contribution in [-0.4, -0.2) is 28.8 Å². The van der Waals surface area contributed by atoms with Gasteiger partial charge in [-0.15, -0.1) is 0 Å². The number of rotatable bonds is 4. The molecule has 0 saturated carbocycles. The van der Waals surface area contributed by atoms with Crippen molar-refractivity contribution in [1.29, 1.82) is 0 Å². The Hall–Kier alpha value is -2.50. The van der Waals surface area contributed by atoms with Crippen molar-refractivity contribution in [1.82, 2.24) is 14.5 Å². The summed E-state index contributed by atoms with van der Waals surface area (Å²) >= 11 is 0. The van der Waals surface area contributed by atoms with E-state index in [4.69, 9.17) is 9.47 Å². The van der Waals surface area contributed by atoms with Gasteiger partial charge in [-0.1, -0.05) is 13.8 Å². The van der Waals surface area contributed by atoms with Crippen LogP contribution in [0.5, 0.6) is 11.5 Å². The van der Waals surface area contributed by atoms with E-state index in [0.29, 0.717) is 35.0 Å². The molecule has 22 heavy (non-hydrogen) atoms. The van der Waals surface area contributed by atoms with Gasteiger partial charge < -0.3 is 14.5 Å². The molecule has 0 unspecified atom stereocenters. The maximum absolute atomic E-state index is 12.6. The molecular weight excluding hydrogens is 282 g/mol. The van der Waals surface area contributed by atoms with Gasteiger partial charge in [0, 0.05) is 18.0 Å². The average molecular weight is 301 g/mol. The Bertz CT molecular complexity index is 893. The first-order valence-corrected chi connectivity index (χ1v) is 7.18. The topological polar surface area (TPSA) is 69.1 Å². The van der Waals surface area contributed by atoms with Crippen molar-refractivity contribution in [3.05, 3.63) is 28.8 Å². The van der Waals surface area contributed by atoms with E-state index >= 15 is 0 Å². The number of hydrogen-bond donors (Lipinski definition) is 1. The van der Waals surface area contributed by atoms with E-state index in [-0.39, 0.29) is 5.56 Å². The molecule has 1 N–H and O–H groups in total. The van der Waals surface area contributed by atoms with Gasteiger partial charge in [-0.25, -0.2) is 4.98 Å². The van der Waals surface area contributed by atoms with Crippen LogP contribution in [0.15, 0.2) is 23.3 Å². The number of fused-ring (bicyclic) bond motifs is 3. The van der Waals surface area contributed by atoms with Gasteiger partial charge in [0.15, 0.2) is 11.5 Å². The lowest BCUT2D eigenvalue weighted by Gasteiger charge is -2.07. The van der Waals surface area contributed by atoms with Crippen molar-refractivity contribution in [2.24, 2.45) is 5.92 Å². The summed E-state index contributed by atoms with van der Waals surface area (Å²) in [7, 11) is 3.17. The van der Waals surface area contributed by atoms with Crippen LogP contribution in [0.4, 0.5) is 0 Å². The Morgan fingerprint density at radius 1 is 1.23 bits per heavy atom. The zero-order chi connectivity index (χ0) is 15.9. The van der Waals surface area contributed by atoms with Gasteiger partial charge >= 0.3 is 0 Å². The van der Waals surface area contributed by atoms with Crippen LogP contribution >= 0.6 is 0 Å². The highest BCUT2D eigenvalue weighted by atomic mass is 16.5. The lowest BCUT2D eigenvalue weighted by Crippen LogP contribution is -2.22. The number of nitrogens with zero attached hydrogens (tertiary/aromatic N) is 2. The van der Waals surface area contributed by atoms with Crippen molar-refractivity contribution < 1.29 is 9.47 Å². The highest BCUT2D eigenvalue weighted by Crippen LogP contribution is 2.34. The Morgan fingerprint density at radius 3 is 2.55 bits per heavy atom. The maximum atomic E-state index is 12.6. The van der Waals surface area contributed by atoms with Crippen LogP contribution in [0.2, 0.25) is 0 Å². The molecule has 0 spiro atoms. The van der Waals surface area contributed by atoms with Crippen LogP contribution in [0.1, 0.15) is 13.8 Å². The third-order valence-corrected chi connectivity index (χ3v) is 3.64. The maximum Gasteiger partial charge on any atom is 0.277 e. The summed E-state index contributed by atoms with van der Waals surface area (Å²) in [4.78, 5) is 20.2. The normalized spacial score (nSPS) is 11.5. The molecule has 0 aliphatic carbocycles. The first kappa shape index (κ1) is 14.4. The number of hydrogen-bond acceptors (Lipinski definition) is 4. The Balaban J connectivity index is 2.29. The second-order valence-electron chi connectivity index (χ2n) is 5.70. The molecule has 2 aromatic heterocycles. The zero-order valence-electron chi connectivity index (χ0n) is 13.1. The predicted molar refractivity (Wildman–Crippen MR) is 85.8 cm³/mol. The molecule has 116 valence electrons. The number of nitrogens with one attached hydrogen (secondary N) is 1. The summed E-state index contributed by atoms with van der Waals surface area (Å²) in [5.41, 5.74) is 1.90. The molecule has 1 aromatic carbocycles. The largest absolute Gasteiger partial charge is 0.493 e. The molecule has 6 heteroatoms. The Morgan fingerprint density at radius 2 is 1.91 bits per heavy atom. The number of methoxy groups -OCH3 is 2. The number of aromatic amines is 1. The van der Waals surface area contributed by atoms with Crippen LogP contribution in [0.25, 0.3) is 21.9 Å². The lowest BCUT2D eigenvalue weighted by atomic mass is 10.2. The number of aromatic nitrogens is 3. The zero-order valence-corrected chi connectivity index (χ0v) is 13.1. The van der Waals surface area contributed by atoms with Gasteiger partial charge in [0.05, 0.1) is 26.1 Å². The minimum absolute atomic E-state index is 0.0622. The first-order valence-electron chi connectivity index (χ1n) is 7.18. The smallest absolute Gasteiger partial charge is 0.277 e. The van der Waals surface area contributed by atoms with Crippen molar-refractivity contribution in [3.8, 4) is 11.5 Å². The molecule has 6 nitrogen and oxygen atoms in total. The molecule has 0 saturated heterocycles. The van der Waals surface area contributed by atoms with Crippen LogP contribution in [-0.2, 0) is 6.54 Å². The number of H-pyrrole nitrogens is 1. The SMILES string of the molecule is COc1cc2[nH]c3c(=O)n(CC(C)C)cnc3c2cc1OC. The second-order valence-corrected chi connectivity index (χ2v) is 5.70. The molecule has 0 fully saturated rings. The van der Waals surface area contributed by atoms with Crippen molar-refractivity contribution in [2.75, 3.05) is 14.2 Å². The molecule has 0 atom stereocenters. The van der Waals surface area contributed by atoms with Gasteiger partial charge in [0.25, 0.3) is 5.56 Å². The van der Waals surface area contributed by atoms with E-state index in [0.717, 1.165) is 10.9 Å². The Labute approximate surface area is 127 Å². The minimum atomic E-state index is -0.0622.